The van der Waals surface area contributed by atoms with Crippen molar-refractivity contribution in [3.8, 4) is 5.75 Å². The number of hydrogen-bond acceptors (Lipinski definition) is 4. The van der Waals surface area contributed by atoms with Gasteiger partial charge in [-0.3, -0.25) is 4.79 Å². The summed E-state index contributed by atoms with van der Waals surface area (Å²) in [5.41, 5.74) is 0.777. The fourth-order valence-electron chi connectivity index (χ4n) is 4.49. The van der Waals surface area contributed by atoms with E-state index in [2.05, 4.69) is 0 Å². The Hall–Kier alpha value is -3.18. The second-order valence-corrected chi connectivity index (χ2v) is 8.36. The van der Waals surface area contributed by atoms with Gasteiger partial charge in [0.05, 0.1) is 20.3 Å². The molecule has 4 rings (SSSR count). The zero-order chi connectivity index (χ0) is 23.3. The van der Waals surface area contributed by atoms with Crippen molar-refractivity contribution in [2.45, 2.75) is 18.9 Å². The van der Waals surface area contributed by atoms with Crippen LogP contribution in [0.4, 0.5) is 4.39 Å². The van der Waals surface area contributed by atoms with Crippen LogP contribution in [0.1, 0.15) is 30.0 Å². The maximum absolute atomic E-state index is 14.0. The largest absolute Gasteiger partial charge is 0.497 e. The lowest BCUT2D eigenvalue weighted by molar-refractivity contribution is -0.151. The molecule has 33 heavy (non-hydrogen) atoms. The van der Waals surface area contributed by atoms with Gasteiger partial charge in [0.15, 0.2) is 0 Å². The van der Waals surface area contributed by atoms with Crippen LogP contribution in [0.3, 0.4) is 0 Å². The van der Waals surface area contributed by atoms with E-state index in [0.717, 1.165) is 22.4 Å². The number of carbonyl (C=O) groups excluding carboxylic acids is 1. The first-order chi connectivity index (χ1) is 16.1. The maximum atomic E-state index is 14.0. The molecule has 5 heteroatoms. The zero-order valence-electron chi connectivity index (χ0n) is 19.0. The lowest BCUT2D eigenvalue weighted by atomic mass is 9.80. The number of ether oxygens (including phenoxy) is 3. The Bertz CT molecular complexity index is 1010. The van der Waals surface area contributed by atoms with Crippen LogP contribution in [0.2, 0.25) is 0 Å². The first kappa shape index (κ1) is 23.0. The van der Waals surface area contributed by atoms with Crippen LogP contribution in [0, 0.1) is 11.3 Å². The summed E-state index contributed by atoms with van der Waals surface area (Å²) >= 11 is 0. The molecule has 0 spiro atoms. The number of halogens is 1. The standard InChI is InChI=1S/C28H29FO4/c1-3-32-26(30)27(20-29)18-24(27)19-33-28(21-10-6-4-7-11-21,22-12-8-5-9-13-22)23-14-16-25(31-2)17-15-23/h4-17,24H,3,18-20H2,1-2H3/t24-,27-/m0/s1. The number of benzene rings is 3. The van der Waals surface area contributed by atoms with Gasteiger partial charge in [-0.15, -0.1) is 0 Å². The Labute approximate surface area is 194 Å². The Morgan fingerprint density at radius 1 is 0.939 bits per heavy atom. The number of rotatable bonds is 10. The molecule has 0 heterocycles. The van der Waals surface area contributed by atoms with Crippen molar-refractivity contribution in [2.75, 3.05) is 27.0 Å². The van der Waals surface area contributed by atoms with Gasteiger partial charge in [0.25, 0.3) is 0 Å². The predicted molar refractivity (Wildman–Crippen MR) is 125 cm³/mol. The molecule has 4 nitrogen and oxygen atoms in total. The topological polar surface area (TPSA) is 44.8 Å². The van der Waals surface area contributed by atoms with Crippen molar-refractivity contribution in [3.05, 3.63) is 102 Å². The molecule has 0 radical (unpaired) electrons. The highest BCUT2D eigenvalue weighted by Crippen LogP contribution is 2.55. The third-order valence-electron chi connectivity index (χ3n) is 6.51. The van der Waals surface area contributed by atoms with Gasteiger partial charge in [-0.1, -0.05) is 72.8 Å². The lowest BCUT2D eigenvalue weighted by Crippen LogP contribution is -2.34. The third-order valence-corrected chi connectivity index (χ3v) is 6.51. The third kappa shape index (κ3) is 4.25. The van der Waals surface area contributed by atoms with Crippen molar-refractivity contribution >= 4 is 5.97 Å². The summed E-state index contributed by atoms with van der Waals surface area (Å²) in [5.74, 6) is 0.0249. The lowest BCUT2D eigenvalue weighted by Gasteiger charge is -2.36. The van der Waals surface area contributed by atoms with Crippen LogP contribution >= 0.6 is 0 Å². The molecule has 1 saturated carbocycles. The van der Waals surface area contributed by atoms with Crippen molar-refractivity contribution in [1.82, 2.24) is 0 Å². The summed E-state index contributed by atoms with van der Waals surface area (Å²) in [7, 11) is 1.63. The molecule has 0 saturated heterocycles. The number of hydrogen-bond donors (Lipinski definition) is 0. The molecule has 1 aliphatic rings. The molecule has 0 N–H and O–H groups in total. The second-order valence-electron chi connectivity index (χ2n) is 8.36. The molecule has 0 amide bonds. The van der Waals surface area contributed by atoms with Crippen molar-refractivity contribution in [1.29, 1.82) is 0 Å². The second kappa shape index (κ2) is 9.75. The molecule has 1 fully saturated rings. The van der Waals surface area contributed by atoms with Crippen LogP contribution in [0.25, 0.3) is 0 Å². The fourth-order valence-corrected chi connectivity index (χ4v) is 4.49. The van der Waals surface area contributed by atoms with Crippen LogP contribution in [-0.2, 0) is 19.9 Å². The Morgan fingerprint density at radius 3 is 1.97 bits per heavy atom. The van der Waals surface area contributed by atoms with Gasteiger partial charge in [-0.2, -0.15) is 0 Å². The molecular formula is C28H29FO4. The molecule has 1 aliphatic carbocycles. The predicted octanol–water partition coefficient (Wildman–Crippen LogP) is 5.54. The van der Waals surface area contributed by atoms with E-state index >= 15 is 0 Å². The monoisotopic (exact) mass is 448 g/mol. The fraction of sp³-hybridized carbons (Fsp3) is 0.321. The molecule has 0 aliphatic heterocycles. The quantitative estimate of drug-likeness (QED) is 0.302. The van der Waals surface area contributed by atoms with Gasteiger partial charge < -0.3 is 14.2 Å². The van der Waals surface area contributed by atoms with Gasteiger partial charge in [0.2, 0.25) is 0 Å². The normalized spacial score (nSPS) is 19.7. The Kier molecular flexibility index (Phi) is 6.80. The maximum Gasteiger partial charge on any atom is 0.315 e. The first-order valence-corrected chi connectivity index (χ1v) is 11.2. The summed E-state index contributed by atoms with van der Waals surface area (Å²) in [5, 5.41) is 0. The van der Waals surface area contributed by atoms with E-state index in [1.165, 1.54) is 0 Å². The van der Waals surface area contributed by atoms with Crippen LogP contribution in [-0.4, -0.2) is 33.0 Å². The highest BCUT2D eigenvalue weighted by molar-refractivity contribution is 5.81. The number of carbonyl (C=O) groups is 1. The van der Waals surface area contributed by atoms with Crippen LogP contribution in [0.5, 0.6) is 5.75 Å². The summed E-state index contributed by atoms with van der Waals surface area (Å²) in [4.78, 5) is 12.4. The van der Waals surface area contributed by atoms with E-state index in [4.69, 9.17) is 14.2 Å². The highest BCUT2D eigenvalue weighted by atomic mass is 19.1. The van der Waals surface area contributed by atoms with Gasteiger partial charge in [-0.05, 0) is 42.2 Å². The minimum atomic E-state index is -1.10. The van der Waals surface area contributed by atoms with Gasteiger partial charge in [-0.25, -0.2) is 4.39 Å². The van der Waals surface area contributed by atoms with Gasteiger partial charge in [0.1, 0.15) is 23.4 Å². The van der Waals surface area contributed by atoms with Crippen LogP contribution < -0.4 is 4.74 Å². The smallest absolute Gasteiger partial charge is 0.315 e. The Morgan fingerprint density at radius 2 is 1.48 bits per heavy atom. The Balaban J connectivity index is 1.76. The molecule has 2 atom stereocenters. The average Bonchev–Trinajstić information content (AvgIpc) is 3.61. The number of methoxy groups -OCH3 is 1. The van der Waals surface area contributed by atoms with E-state index in [1.54, 1.807) is 14.0 Å². The van der Waals surface area contributed by atoms with Crippen molar-refractivity contribution < 1.29 is 23.4 Å². The highest BCUT2D eigenvalue weighted by Gasteiger charge is 2.62. The minimum Gasteiger partial charge on any atom is -0.497 e. The van der Waals surface area contributed by atoms with Gasteiger partial charge >= 0.3 is 5.97 Å². The van der Waals surface area contributed by atoms with E-state index in [-0.39, 0.29) is 19.1 Å². The van der Waals surface area contributed by atoms with E-state index in [0.29, 0.717) is 6.42 Å². The van der Waals surface area contributed by atoms with E-state index in [1.807, 2.05) is 84.9 Å². The molecule has 0 aromatic heterocycles. The molecule has 3 aromatic carbocycles. The van der Waals surface area contributed by atoms with E-state index in [9.17, 15) is 9.18 Å². The molecule has 0 unspecified atom stereocenters. The molecule has 3 aromatic rings. The summed E-state index contributed by atoms with van der Waals surface area (Å²) in [6.45, 7) is 1.44. The minimum absolute atomic E-state index is 0.221. The molecule has 172 valence electrons. The number of esters is 1. The summed E-state index contributed by atoms with van der Waals surface area (Å²) < 4.78 is 31.2. The molecule has 0 bridgehead atoms. The molecular weight excluding hydrogens is 419 g/mol. The summed E-state index contributed by atoms with van der Waals surface area (Å²) in [6, 6.07) is 27.7. The van der Waals surface area contributed by atoms with E-state index < -0.39 is 23.7 Å². The van der Waals surface area contributed by atoms with Crippen molar-refractivity contribution in [3.63, 3.8) is 0 Å². The SMILES string of the molecule is CCOC(=O)[C@]1(CF)C[C@H]1COC(c1ccccc1)(c1ccccc1)c1ccc(OC)cc1. The van der Waals surface area contributed by atoms with Crippen LogP contribution in [0.15, 0.2) is 84.9 Å². The van der Waals surface area contributed by atoms with Crippen molar-refractivity contribution in [2.24, 2.45) is 11.3 Å². The first-order valence-electron chi connectivity index (χ1n) is 11.2. The number of alkyl halides is 1. The summed E-state index contributed by atoms with van der Waals surface area (Å²) in [6.07, 6.45) is 0.421. The van der Waals surface area contributed by atoms with Gasteiger partial charge in [0, 0.05) is 5.92 Å². The average molecular weight is 449 g/mol. The zero-order valence-corrected chi connectivity index (χ0v) is 19.0.